The lowest BCUT2D eigenvalue weighted by Crippen LogP contribution is -2.19. The molecule has 0 radical (unpaired) electrons. The number of alkyl halides is 3. The highest BCUT2D eigenvalue weighted by molar-refractivity contribution is 6.06. The predicted octanol–water partition coefficient (Wildman–Crippen LogP) is 10.2. The van der Waals surface area contributed by atoms with Crippen LogP contribution in [0.1, 0.15) is 93.1 Å². The van der Waals surface area contributed by atoms with Gasteiger partial charge in [-0.2, -0.15) is 13.2 Å². The Bertz CT molecular complexity index is 1030. The Hall–Kier alpha value is -3.42. The number of aliphatic hydroxyl groups is 1. The molecule has 0 unspecified atom stereocenters. The van der Waals surface area contributed by atoms with Crippen molar-refractivity contribution in [2.75, 3.05) is 0 Å². The number of aliphatic imine (C=N–C) groups is 2. The Labute approximate surface area is 232 Å². The Kier molecular flexibility index (Phi) is 20.8. The van der Waals surface area contributed by atoms with Crippen molar-refractivity contribution in [2.24, 2.45) is 9.98 Å². The van der Waals surface area contributed by atoms with E-state index in [4.69, 9.17) is 4.42 Å². The number of rotatable bonds is 6. The summed E-state index contributed by atoms with van der Waals surface area (Å²) < 4.78 is 44.8. The lowest BCUT2D eigenvalue weighted by atomic mass is 10.0. The van der Waals surface area contributed by atoms with Crippen LogP contribution < -0.4 is 0 Å². The van der Waals surface area contributed by atoms with Gasteiger partial charge < -0.3 is 9.52 Å². The Morgan fingerprint density at radius 2 is 1.69 bits per heavy atom. The molecule has 0 bridgehead atoms. The predicted molar refractivity (Wildman–Crippen MR) is 158 cm³/mol. The maximum atomic E-state index is 13.3. The normalized spacial score (nSPS) is 19.2. The smallest absolute Gasteiger partial charge is 0.418 e. The van der Waals surface area contributed by atoms with Crippen molar-refractivity contribution < 1.29 is 27.5 Å². The molecule has 1 N–H and O–H groups in total. The molecular formula is C31H45F3N2O3. The number of carbonyl (C=O) groups is 1. The van der Waals surface area contributed by atoms with E-state index in [9.17, 15) is 23.1 Å². The van der Waals surface area contributed by atoms with Crippen LogP contribution in [0.25, 0.3) is 5.57 Å². The molecule has 0 aromatic carbocycles. The molecule has 1 aromatic rings. The van der Waals surface area contributed by atoms with E-state index in [0.717, 1.165) is 25.6 Å². The Morgan fingerprint density at radius 3 is 2.08 bits per heavy atom. The molecule has 1 aromatic heterocycles. The number of halogens is 3. The van der Waals surface area contributed by atoms with Crippen molar-refractivity contribution in [3.63, 3.8) is 0 Å². The van der Waals surface area contributed by atoms with Gasteiger partial charge in [0.25, 0.3) is 0 Å². The second-order valence-electron chi connectivity index (χ2n) is 8.63. The third kappa shape index (κ3) is 17.7. The first-order valence-corrected chi connectivity index (χ1v) is 13.1. The van der Waals surface area contributed by atoms with E-state index >= 15 is 0 Å². The lowest BCUT2D eigenvalue weighted by Gasteiger charge is -2.12. The number of Topliss-reactive ketones (excluding diaryl/α,β-unsaturated/α-hetero) is 1. The molecule has 1 aliphatic rings. The fourth-order valence-corrected chi connectivity index (χ4v) is 2.37. The van der Waals surface area contributed by atoms with Crippen molar-refractivity contribution in [1.29, 1.82) is 0 Å². The van der Waals surface area contributed by atoms with Crippen LogP contribution in [0.5, 0.6) is 0 Å². The zero-order chi connectivity index (χ0) is 30.4. The van der Waals surface area contributed by atoms with E-state index in [0.29, 0.717) is 5.56 Å². The quantitative estimate of drug-likeness (QED) is 0.283. The highest BCUT2D eigenvalue weighted by atomic mass is 19.4. The van der Waals surface area contributed by atoms with E-state index in [1.165, 1.54) is 50.4 Å². The summed E-state index contributed by atoms with van der Waals surface area (Å²) in [7, 11) is 0. The maximum absolute atomic E-state index is 13.3. The molecule has 0 saturated carbocycles. The number of hydrogen-bond acceptors (Lipinski definition) is 5. The minimum Gasteiger partial charge on any atom is -0.510 e. The number of aliphatic hydroxyl groups excluding tert-OH is 1. The van der Waals surface area contributed by atoms with Gasteiger partial charge in [0.2, 0.25) is 0 Å². The highest BCUT2D eigenvalue weighted by Crippen LogP contribution is 2.32. The standard InChI is InChI=1S/C16H14F3NO3.C7H11N.2C4H10/c1-9-13(16(17,18)19)7-11(12-5-6-23-8-12)3-4-14(22)15(20-9)10(2)21;1-4-5-6-8-7(2)3;2*1-3-4-2/h3,5-8,22H,4H2,1-2H3;4-6H,1H2,2-3H3;2*3-4H2,1-2H3/b11-3+,13-7+,15-14+,20-9+;6-5-;;. The molecule has 2 rings (SSSR count). The number of furan rings is 1. The SMILES string of the molecule is C=C/C=C\N=C(C)C.CC(=O)C1=C(\O)C\C=C(c2ccoc2)/C=C(C(F)(F)F)\C(C)=N\1.CCCC.CCCC. The number of carbonyl (C=O) groups excluding carboxylic acids is 1. The Morgan fingerprint density at radius 1 is 1.13 bits per heavy atom. The Balaban J connectivity index is 0. The van der Waals surface area contributed by atoms with Crippen molar-refractivity contribution in [1.82, 2.24) is 0 Å². The minimum atomic E-state index is -4.65. The van der Waals surface area contributed by atoms with E-state index in [1.54, 1.807) is 18.4 Å². The van der Waals surface area contributed by atoms with Crippen LogP contribution in [-0.4, -0.2) is 28.5 Å². The van der Waals surface area contributed by atoms with Crippen LogP contribution in [0.15, 0.2) is 87.1 Å². The topological polar surface area (TPSA) is 75.2 Å². The summed E-state index contributed by atoms with van der Waals surface area (Å²) in [5.41, 5.74) is -0.0509. The van der Waals surface area contributed by atoms with E-state index in [2.05, 4.69) is 44.3 Å². The van der Waals surface area contributed by atoms with Gasteiger partial charge in [-0.05, 0) is 44.6 Å². The molecule has 39 heavy (non-hydrogen) atoms. The fourth-order valence-electron chi connectivity index (χ4n) is 2.37. The second-order valence-corrected chi connectivity index (χ2v) is 8.63. The van der Waals surface area contributed by atoms with Gasteiger partial charge in [0, 0.05) is 30.8 Å². The number of nitrogens with zero attached hydrogens (tertiary/aromatic N) is 2. The van der Waals surface area contributed by atoms with Gasteiger partial charge in [0.05, 0.1) is 23.8 Å². The summed E-state index contributed by atoms with van der Waals surface area (Å²) in [6.07, 6.45) is 10.7. The lowest BCUT2D eigenvalue weighted by molar-refractivity contribution is -0.113. The average molecular weight is 551 g/mol. The monoisotopic (exact) mass is 550 g/mol. The van der Waals surface area contributed by atoms with Gasteiger partial charge >= 0.3 is 6.18 Å². The molecule has 0 amide bonds. The van der Waals surface area contributed by atoms with Crippen molar-refractivity contribution >= 4 is 22.8 Å². The highest BCUT2D eigenvalue weighted by Gasteiger charge is 2.36. The largest absolute Gasteiger partial charge is 0.510 e. The summed E-state index contributed by atoms with van der Waals surface area (Å²) in [5.74, 6) is -0.988. The van der Waals surface area contributed by atoms with Crippen molar-refractivity contribution in [3.8, 4) is 0 Å². The van der Waals surface area contributed by atoms with E-state index < -0.39 is 23.2 Å². The number of ketones is 1. The molecule has 0 aliphatic carbocycles. The summed E-state index contributed by atoms with van der Waals surface area (Å²) in [6.45, 7) is 18.4. The molecule has 0 saturated heterocycles. The molecule has 1 aliphatic heterocycles. The van der Waals surface area contributed by atoms with Crippen LogP contribution in [0, 0.1) is 0 Å². The maximum Gasteiger partial charge on any atom is 0.418 e. The number of hydrogen-bond donors (Lipinski definition) is 1. The molecule has 0 fully saturated rings. The zero-order valence-electron chi connectivity index (χ0n) is 24.7. The summed E-state index contributed by atoms with van der Waals surface area (Å²) in [4.78, 5) is 19.2. The number of unbranched alkanes of at least 4 members (excludes halogenated alkanes) is 2. The third-order valence-corrected chi connectivity index (χ3v) is 4.81. The van der Waals surface area contributed by atoms with Gasteiger partial charge in [-0.3, -0.25) is 9.79 Å². The number of allylic oxidation sites excluding steroid dienone is 7. The minimum absolute atomic E-state index is 0.117. The molecule has 8 heteroatoms. The first-order valence-electron chi connectivity index (χ1n) is 13.1. The fraction of sp³-hybridized carbons (Fsp3) is 0.452. The summed E-state index contributed by atoms with van der Waals surface area (Å²) >= 11 is 0. The molecule has 5 nitrogen and oxygen atoms in total. The molecular weight excluding hydrogens is 505 g/mol. The second kappa shape index (κ2) is 21.5. The molecule has 0 atom stereocenters. The third-order valence-electron chi connectivity index (χ3n) is 4.81. The van der Waals surface area contributed by atoms with Crippen LogP contribution >= 0.6 is 0 Å². The van der Waals surface area contributed by atoms with Crippen LogP contribution in [0.3, 0.4) is 0 Å². The van der Waals surface area contributed by atoms with Crippen LogP contribution in [0.4, 0.5) is 13.2 Å². The van der Waals surface area contributed by atoms with Gasteiger partial charge in [0.1, 0.15) is 11.5 Å². The first-order chi connectivity index (χ1) is 18.3. The molecule has 218 valence electrons. The van der Waals surface area contributed by atoms with Gasteiger partial charge in [0.15, 0.2) is 5.78 Å². The summed E-state index contributed by atoms with van der Waals surface area (Å²) in [5, 5.41) is 9.97. The van der Waals surface area contributed by atoms with E-state index in [-0.39, 0.29) is 23.5 Å². The molecule has 0 spiro atoms. The van der Waals surface area contributed by atoms with Crippen LogP contribution in [-0.2, 0) is 4.79 Å². The first kappa shape index (κ1) is 37.7. The van der Waals surface area contributed by atoms with E-state index in [1.807, 2.05) is 13.8 Å². The molecule has 2 heterocycles. The van der Waals surface area contributed by atoms with Gasteiger partial charge in [-0.1, -0.05) is 72.1 Å². The summed E-state index contributed by atoms with van der Waals surface area (Å²) in [6, 6.07) is 1.51. The van der Waals surface area contributed by atoms with Gasteiger partial charge in [-0.15, -0.1) is 0 Å². The zero-order valence-corrected chi connectivity index (χ0v) is 24.7. The van der Waals surface area contributed by atoms with Gasteiger partial charge in [-0.25, -0.2) is 4.99 Å². The van der Waals surface area contributed by atoms with Crippen molar-refractivity contribution in [3.05, 3.63) is 78.3 Å². The average Bonchev–Trinajstić information content (AvgIpc) is 3.42. The van der Waals surface area contributed by atoms with Crippen molar-refractivity contribution in [2.45, 2.75) is 93.7 Å². The van der Waals surface area contributed by atoms with Crippen LogP contribution in [0.2, 0.25) is 0 Å².